The van der Waals surface area contributed by atoms with Crippen molar-refractivity contribution in [3.8, 4) is 62.4 Å². The maximum atomic E-state index is 11.0. The number of fused-ring (bicyclic) bond motifs is 6. The van der Waals surface area contributed by atoms with E-state index in [4.69, 9.17) is 0 Å². The molecule has 0 fully saturated rings. The van der Waals surface area contributed by atoms with Crippen molar-refractivity contribution in [2.24, 2.45) is 0 Å². The summed E-state index contributed by atoms with van der Waals surface area (Å²) in [6.45, 7) is 10.2. The molecule has 0 aliphatic heterocycles. The Bertz CT molecular complexity index is 3400. The molecule has 0 radical (unpaired) electrons. The van der Waals surface area contributed by atoms with E-state index in [-0.39, 0.29) is 5.69 Å². The summed E-state index contributed by atoms with van der Waals surface area (Å²) >= 11 is 0. The molecule has 0 unspecified atom stereocenters. The minimum atomic E-state index is -1.00. The first-order chi connectivity index (χ1) is 30.7. The molecule has 9 aromatic rings. The summed E-state index contributed by atoms with van der Waals surface area (Å²) in [5, 5.41) is 56.8. The Morgan fingerprint density at radius 2 is 1.00 bits per heavy atom. The third-order valence-electron chi connectivity index (χ3n) is 11.7. The lowest BCUT2D eigenvalue weighted by Gasteiger charge is -2.15. The van der Waals surface area contributed by atoms with Crippen molar-refractivity contribution in [3.05, 3.63) is 188 Å². The molecule has 63 heavy (non-hydrogen) atoms. The SMILES string of the molecule is C=C/C=C(\C=C/C)c1cc(C(/C=C\C)=C/CC)cc(-c2cccc(-n3c4ccccc4c4cc(-c5ccc6c(c5)c5ccccc5n6-c5c(O)c(O)c(O)c(O)c5O)ccc43)c2)c1. The molecule has 5 N–H and O–H groups in total. The van der Waals surface area contributed by atoms with Crippen LogP contribution in [0, 0.1) is 0 Å². The van der Waals surface area contributed by atoms with E-state index in [1.54, 1.807) is 4.57 Å². The zero-order valence-corrected chi connectivity index (χ0v) is 35.2. The minimum Gasteiger partial charge on any atom is -0.503 e. The first kappa shape index (κ1) is 40.3. The molecule has 9 rings (SSSR count). The molecular formula is C56H46N2O5. The Morgan fingerprint density at radius 3 is 1.59 bits per heavy atom. The molecule has 7 nitrogen and oxygen atoms in total. The van der Waals surface area contributed by atoms with Crippen LogP contribution >= 0.6 is 0 Å². The van der Waals surface area contributed by atoms with E-state index in [1.807, 2.05) is 49.4 Å². The maximum Gasteiger partial charge on any atom is 0.208 e. The fourth-order valence-corrected chi connectivity index (χ4v) is 8.90. The topological polar surface area (TPSA) is 111 Å². The fourth-order valence-electron chi connectivity index (χ4n) is 8.90. The summed E-state index contributed by atoms with van der Waals surface area (Å²) in [7, 11) is 0. The second-order valence-electron chi connectivity index (χ2n) is 15.5. The van der Waals surface area contributed by atoms with Crippen LogP contribution < -0.4 is 0 Å². The standard InChI is InChI=1S/C56H46N2O5/c1-5-14-34(15-6-2)39-28-40(35(16-7-3)17-8-4)30-41(29-39)36-18-13-19-42(31-36)57-47-22-11-9-20-43(47)45-32-37(24-26-49(45)57)38-25-27-50-46(33-38)44-21-10-12-23-48(44)58(50)51-52(59)54(61)56(63)55(62)53(51)60/h5-7,9-33,59-63H,1,8H2,2-4H3/b15-6-,16-7-,34-14+,35-17+. The summed E-state index contributed by atoms with van der Waals surface area (Å²) < 4.78 is 3.90. The monoisotopic (exact) mass is 826 g/mol. The number of para-hydroxylation sites is 2. The van der Waals surface area contributed by atoms with E-state index in [1.165, 1.54) is 5.57 Å². The van der Waals surface area contributed by atoms with Gasteiger partial charge in [0.2, 0.25) is 17.2 Å². The second-order valence-corrected chi connectivity index (χ2v) is 15.5. The highest BCUT2D eigenvalue weighted by Gasteiger charge is 2.27. The normalized spacial score (nSPS) is 12.6. The van der Waals surface area contributed by atoms with Gasteiger partial charge in [0.25, 0.3) is 0 Å². The minimum absolute atomic E-state index is 0.247. The third kappa shape index (κ3) is 6.80. The number of aromatic nitrogens is 2. The molecular weight excluding hydrogens is 781 g/mol. The molecule has 0 atom stereocenters. The molecule has 0 bridgehead atoms. The number of rotatable bonds is 10. The molecule has 0 spiro atoms. The lowest BCUT2D eigenvalue weighted by atomic mass is 9.92. The Labute approximate surface area is 365 Å². The summed E-state index contributed by atoms with van der Waals surface area (Å²) in [5.41, 5.74) is 12.8. The van der Waals surface area contributed by atoms with Crippen LogP contribution in [0.2, 0.25) is 0 Å². The van der Waals surface area contributed by atoms with Crippen LogP contribution in [0.3, 0.4) is 0 Å². The van der Waals surface area contributed by atoms with Crippen LogP contribution in [0.4, 0.5) is 0 Å². The van der Waals surface area contributed by atoms with Gasteiger partial charge in [-0.2, -0.15) is 0 Å². The van der Waals surface area contributed by atoms with Gasteiger partial charge in [0.15, 0.2) is 11.5 Å². The first-order valence-corrected chi connectivity index (χ1v) is 21.0. The lowest BCUT2D eigenvalue weighted by molar-refractivity contribution is 0.327. The average molecular weight is 827 g/mol. The van der Waals surface area contributed by atoms with Gasteiger partial charge in [-0.15, -0.1) is 0 Å². The zero-order valence-electron chi connectivity index (χ0n) is 35.2. The van der Waals surface area contributed by atoms with Gasteiger partial charge in [-0.25, -0.2) is 0 Å². The van der Waals surface area contributed by atoms with Gasteiger partial charge in [-0.05, 0) is 132 Å². The van der Waals surface area contributed by atoms with Crippen molar-refractivity contribution in [1.29, 1.82) is 0 Å². The summed E-state index contributed by atoms with van der Waals surface area (Å²) in [5.74, 6) is -4.39. The quantitative estimate of drug-likeness (QED) is 0.0536. The summed E-state index contributed by atoms with van der Waals surface area (Å²) in [6, 6.07) is 43.9. The van der Waals surface area contributed by atoms with Crippen molar-refractivity contribution in [2.45, 2.75) is 27.2 Å². The van der Waals surface area contributed by atoms with E-state index in [9.17, 15) is 25.5 Å². The van der Waals surface area contributed by atoms with Crippen LogP contribution in [-0.4, -0.2) is 34.7 Å². The van der Waals surface area contributed by atoms with Gasteiger partial charge in [0.05, 0.1) is 22.1 Å². The Hall–Kier alpha value is -8.16. The number of hydrogen-bond acceptors (Lipinski definition) is 5. The van der Waals surface area contributed by atoms with E-state index >= 15 is 0 Å². The van der Waals surface area contributed by atoms with Crippen LogP contribution in [0.1, 0.15) is 38.3 Å². The molecule has 7 aromatic carbocycles. The third-order valence-corrected chi connectivity index (χ3v) is 11.7. The second kappa shape index (κ2) is 16.4. The van der Waals surface area contributed by atoms with Crippen molar-refractivity contribution in [3.63, 3.8) is 0 Å². The first-order valence-electron chi connectivity index (χ1n) is 21.0. The number of allylic oxidation sites excluding steroid dienone is 9. The molecule has 310 valence electrons. The van der Waals surface area contributed by atoms with E-state index in [2.05, 4.69) is 152 Å². The van der Waals surface area contributed by atoms with Crippen molar-refractivity contribution in [1.82, 2.24) is 9.13 Å². The van der Waals surface area contributed by atoms with Crippen LogP contribution in [-0.2, 0) is 0 Å². The molecule has 0 aliphatic carbocycles. The Kier molecular flexibility index (Phi) is 10.5. The molecule has 0 saturated heterocycles. The number of aromatic hydroxyl groups is 5. The molecule has 0 aliphatic rings. The predicted molar refractivity (Wildman–Crippen MR) is 260 cm³/mol. The number of phenols is 5. The average Bonchev–Trinajstić information content (AvgIpc) is 3.82. The van der Waals surface area contributed by atoms with E-state index in [0.717, 1.165) is 83.6 Å². The zero-order chi connectivity index (χ0) is 43.9. The van der Waals surface area contributed by atoms with Gasteiger partial charge < -0.3 is 34.7 Å². The van der Waals surface area contributed by atoms with Gasteiger partial charge >= 0.3 is 0 Å². The maximum absolute atomic E-state index is 11.0. The van der Waals surface area contributed by atoms with Crippen LogP contribution in [0.15, 0.2) is 177 Å². The highest BCUT2D eigenvalue weighted by Crippen LogP contribution is 2.54. The van der Waals surface area contributed by atoms with E-state index in [0.29, 0.717) is 11.0 Å². The highest BCUT2D eigenvalue weighted by molar-refractivity contribution is 6.13. The van der Waals surface area contributed by atoms with Crippen molar-refractivity contribution in [2.75, 3.05) is 0 Å². The highest BCUT2D eigenvalue weighted by atomic mass is 16.4. The van der Waals surface area contributed by atoms with Crippen molar-refractivity contribution >= 4 is 54.8 Å². The largest absolute Gasteiger partial charge is 0.503 e. The molecule has 7 heteroatoms. The number of hydrogen-bond donors (Lipinski definition) is 5. The lowest BCUT2D eigenvalue weighted by Crippen LogP contribution is -1.96. The van der Waals surface area contributed by atoms with Gasteiger partial charge in [-0.1, -0.05) is 117 Å². The number of phenolic OH excluding ortho intramolecular Hbond substituents is 5. The van der Waals surface area contributed by atoms with Crippen LogP contribution in [0.25, 0.3) is 88.4 Å². The molecule has 2 heterocycles. The predicted octanol–water partition coefficient (Wildman–Crippen LogP) is 14.3. The van der Waals surface area contributed by atoms with Gasteiger partial charge in [0, 0.05) is 27.2 Å². The molecule has 0 saturated carbocycles. The Morgan fingerprint density at radius 1 is 0.492 bits per heavy atom. The number of nitrogens with zero attached hydrogens (tertiary/aromatic N) is 2. The smallest absolute Gasteiger partial charge is 0.208 e. The fraction of sp³-hybridized carbons (Fsp3) is 0.0714. The molecule has 2 aromatic heterocycles. The summed E-state index contributed by atoms with van der Waals surface area (Å²) in [6.07, 6.45) is 15.5. The van der Waals surface area contributed by atoms with Gasteiger partial charge in [-0.3, -0.25) is 0 Å². The van der Waals surface area contributed by atoms with Crippen LogP contribution in [0.5, 0.6) is 28.7 Å². The molecule has 0 amide bonds. The Balaban J connectivity index is 1.19. The summed E-state index contributed by atoms with van der Waals surface area (Å²) in [4.78, 5) is 0. The van der Waals surface area contributed by atoms with Gasteiger partial charge in [0.1, 0.15) is 5.69 Å². The number of benzene rings is 7. The van der Waals surface area contributed by atoms with Crippen molar-refractivity contribution < 1.29 is 25.5 Å². The van der Waals surface area contributed by atoms with E-state index < -0.39 is 28.7 Å².